The number of benzene rings is 1. The van der Waals surface area contributed by atoms with Crippen LogP contribution >= 0.6 is 11.8 Å². The van der Waals surface area contributed by atoms with E-state index in [2.05, 4.69) is 45.1 Å². The van der Waals surface area contributed by atoms with Crippen LogP contribution in [0.1, 0.15) is 39.2 Å². The van der Waals surface area contributed by atoms with Crippen molar-refractivity contribution in [2.24, 2.45) is 5.92 Å². The van der Waals surface area contributed by atoms with Crippen molar-refractivity contribution in [2.75, 3.05) is 16.8 Å². The highest BCUT2D eigenvalue weighted by molar-refractivity contribution is 7.99. The summed E-state index contributed by atoms with van der Waals surface area (Å²) in [6, 6.07) is 8.09. The zero-order chi connectivity index (χ0) is 13.5. The molecule has 0 unspecified atom stereocenters. The third-order valence-electron chi connectivity index (χ3n) is 2.55. The minimum atomic E-state index is 0.0814. The Morgan fingerprint density at radius 1 is 1.17 bits per heavy atom. The molecule has 0 aliphatic rings. The number of thioether (sulfide) groups is 1. The second-order valence-corrected chi connectivity index (χ2v) is 6.26. The molecular weight excluding hydrogens is 242 g/mol. The summed E-state index contributed by atoms with van der Waals surface area (Å²) in [5.74, 6) is 2.80. The molecule has 0 radical (unpaired) electrons. The number of hydrogen-bond acceptors (Lipinski definition) is 2. The van der Waals surface area contributed by atoms with Gasteiger partial charge in [0, 0.05) is 5.69 Å². The molecule has 0 atom stereocenters. The predicted molar refractivity (Wildman–Crippen MR) is 81.3 cm³/mol. The van der Waals surface area contributed by atoms with Gasteiger partial charge in [0.25, 0.3) is 0 Å². The van der Waals surface area contributed by atoms with Crippen molar-refractivity contribution in [2.45, 2.75) is 33.6 Å². The SMILES string of the molecule is CC(C)CSCC(=O)Nc1ccc(C(C)C)cc1. The normalized spacial score (nSPS) is 11.0. The standard InChI is InChI=1S/C15H23NOS/c1-11(2)9-18-10-15(17)16-14-7-5-13(6-8-14)12(3)4/h5-8,11-12H,9-10H2,1-4H3,(H,16,17). The van der Waals surface area contributed by atoms with E-state index < -0.39 is 0 Å². The molecule has 18 heavy (non-hydrogen) atoms. The average Bonchev–Trinajstić information content (AvgIpc) is 2.29. The van der Waals surface area contributed by atoms with Gasteiger partial charge >= 0.3 is 0 Å². The van der Waals surface area contributed by atoms with E-state index in [0.29, 0.717) is 17.6 Å². The second kappa shape index (κ2) is 7.47. The Labute approximate surface area is 115 Å². The van der Waals surface area contributed by atoms with Crippen molar-refractivity contribution >= 4 is 23.4 Å². The van der Waals surface area contributed by atoms with Gasteiger partial charge in [0.2, 0.25) is 5.91 Å². The van der Waals surface area contributed by atoms with E-state index in [0.717, 1.165) is 11.4 Å². The van der Waals surface area contributed by atoms with E-state index in [9.17, 15) is 4.79 Å². The minimum absolute atomic E-state index is 0.0814. The van der Waals surface area contributed by atoms with Crippen molar-refractivity contribution in [3.63, 3.8) is 0 Å². The fourth-order valence-corrected chi connectivity index (χ4v) is 2.38. The van der Waals surface area contributed by atoms with Gasteiger partial charge in [0.15, 0.2) is 0 Å². The average molecular weight is 265 g/mol. The summed E-state index contributed by atoms with van der Waals surface area (Å²) in [6.07, 6.45) is 0. The lowest BCUT2D eigenvalue weighted by Crippen LogP contribution is -2.14. The number of carbonyl (C=O) groups excluding carboxylic acids is 1. The van der Waals surface area contributed by atoms with Crippen LogP contribution in [-0.2, 0) is 4.79 Å². The van der Waals surface area contributed by atoms with E-state index in [1.54, 1.807) is 11.8 Å². The highest BCUT2D eigenvalue weighted by atomic mass is 32.2. The maximum absolute atomic E-state index is 11.7. The van der Waals surface area contributed by atoms with Crippen LogP contribution in [0, 0.1) is 5.92 Å². The van der Waals surface area contributed by atoms with E-state index in [4.69, 9.17) is 0 Å². The van der Waals surface area contributed by atoms with Crippen molar-refractivity contribution in [3.8, 4) is 0 Å². The quantitative estimate of drug-likeness (QED) is 0.837. The molecule has 3 heteroatoms. The number of nitrogens with one attached hydrogen (secondary N) is 1. The minimum Gasteiger partial charge on any atom is -0.325 e. The van der Waals surface area contributed by atoms with Crippen LogP contribution in [0.4, 0.5) is 5.69 Å². The summed E-state index contributed by atoms with van der Waals surface area (Å²) in [4.78, 5) is 11.7. The zero-order valence-corrected chi connectivity index (χ0v) is 12.5. The molecule has 0 aliphatic heterocycles. The van der Waals surface area contributed by atoms with Gasteiger partial charge in [-0.25, -0.2) is 0 Å². The largest absolute Gasteiger partial charge is 0.325 e. The summed E-state index contributed by atoms with van der Waals surface area (Å²) in [5, 5.41) is 2.92. The molecular formula is C15H23NOS. The number of hydrogen-bond donors (Lipinski definition) is 1. The Kier molecular flexibility index (Phi) is 6.27. The van der Waals surface area contributed by atoms with Crippen LogP contribution < -0.4 is 5.32 Å². The summed E-state index contributed by atoms with van der Waals surface area (Å²) in [5.41, 5.74) is 2.18. The van der Waals surface area contributed by atoms with Crippen LogP contribution in [0.2, 0.25) is 0 Å². The first-order chi connectivity index (χ1) is 8.49. The first-order valence-electron chi connectivity index (χ1n) is 6.46. The van der Waals surface area contributed by atoms with E-state index in [-0.39, 0.29) is 5.91 Å². The maximum Gasteiger partial charge on any atom is 0.234 e. The third kappa shape index (κ3) is 5.58. The number of rotatable bonds is 6. The lowest BCUT2D eigenvalue weighted by molar-refractivity contribution is -0.113. The van der Waals surface area contributed by atoms with Crippen molar-refractivity contribution in [1.82, 2.24) is 0 Å². The molecule has 0 heterocycles. The monoisotopic (exact) mass is 265 g/mol. The van der Waals surface area contributed by atoms with Crippen LogP contribution in [0.15, 0.2) is 24.3 Å². The maximum atomic E-state index is 11.7. The molecule has 100 valence electrons. The van der Waals surface area contributed by atoms with Gasteiger partial charge in [-0.1, -0.05) is 39.8 Å². The van der Waals surface area contributed by atoms with Gasteiger partial charge < -0.3 is 5.32 Å². The highest BCUT2D eigenvalue weighted by Gasteiger charge is 2.04. The Morgan fingerprint density at radius 3 is 2.28 bits per heavy atom. The Balaban J connectivity index is 2.40. The topological polar surface area (TPSA) is 29.1 Å². The molecule has 0 aliphatic carbocycles. The van der Waals surface area contributed by atoms with Crippen molar-refractivity contribution in [3.05, 3.63) is 29.8 Å². The Hall–Kier alpha value is -0.960. The summed E-state index contributed by atoms with van der Waals surface area (Å²) in [6.45, 7) is 8.65. The fraction of sp³-hybridized carbons (Fsp3) is 0.533. The predicted octanol–water partition coefficient (Wildman–Crippen LogP) is 4.14. The molecule has 0 spiro atoms. The van der Waals surface area contributed by atoms with Gasteiger partial charge in [-0.3, -0.25) is 4.79 Å². The fourth-order valence-electron chi connectivity index (χ4n) is 1.54. The molecule has 1 amide bonds. The Bertz CT molecular complexity index is 371. The summed E-state index contributed by atoms with van der Waals surface area (Å²) >= 11 is 1.68. The van der Waals surface area contributed by atoms with Crippen molar-refractivity contribution in [1.29, 1.82) is 0 Å². The third-order valence-corrected chi connectivity index (χ3v) is 3.91. The lowest BCUT2D eigenvalue weighted by atomic mass is 10.0. The van der Waals surface area contributed by atoms with Gasteiger partial charge in [-0.15, -0.1) is 0 Å². The van der Waals surface area contributed by atoms with Crippen LogP contribution in [0.25, 0.3) is 0 Å². The second-order valence-electron chi connectivity index (χ2n) is 5.23. The smallest absolute Gasteiger partial charge is 0.234 e. The van der Waals surface area contributed by atoms with Crippen LogP contribution in [0.3, 0.4) is 0 Å². The van der Waals surface area contributed by atoms with Gasteiger partial charge in [-0.05, 0) is 35.3 Å². The summed E-state index contributed by atoms with van der Waals surface area (Å²) in [7, 11) is 0. The van der Waals surface area contributed by atoms with E-state index in [1.165, 1.54) is 5.56 Å². The van der Waals surface area contributed by atoms with E-state index in [1.807, 2.05) is 12.1 Å². The summed E-state index contributed by atoms with van der Waals surface area (Å²) < 4.78 is 0. The highest BCUT2D eigenvalue weighted by Crippen LogP contribution is 2.17. The molecule has 0 saturated carbocycles. The van der Waals surface area contributed by atoms with E-state index >= 15 is 0 Å². The number of amides is 1. The zero-order valence-electron chi connectivity index (χ0n) is 11.7. The van der Waals surface area contributed by atoms with Crippen LogP contribution in [-0.4, -0.2) is 17.4 Å². The molecule has 0 saturated heterocycles. The first kappa shape index (κ1) is 15.1. The molecule has 0 aromatic heterocycles. The molecule has 1 rings (SSSR count). The van der Waals surface area contributed by atoms with Crippen LogP contribution in [0.5, 0.6) is 0 Å². The Morgan fingerprint density at radius 2 is 1.78 bits per heavy atom. The molecule has 1 aromatic carbocycles. The number of anilines is 1. The first-order valence-corrected chi connectivity index (χ1v) is 7.62. The molecule has 2 nitrogen and oxygen atoms in total. The van der Waals surface area contributed by atoms with Crippen molar-refractivity contribution < 1.29 is 4.79 Å². The van der Waals surface area contributed by atoms with Gasteiger partial charge in [0.05, 0.1) is 5.75 Å². The van der Waals surface area contributed by atoms with Gasteiger partial charge in [-0.2, -0.15) is 11.8 Å². The molecule has 1 aromatic rings. The molecule has 0 bridgehead atoms. The number of carbonyl (C=O) groups is 1. The lowest BCUT2D eigenvalue weighted by Gasteiger charge is -2.09. The van der Waals surface area contributed by atoms with Gasteiger partial charge in [0.1, 0.15) is 0 Å². The molecule has 1 N–H and O–H groups in total. The molecule has 0 fully saturated rings.